The fraction of sp³-hybridized carbons (Fsp3) is 0.500. The lowest BCUT2D eigenvalue weighted by Gasteiger charge is -2.27. The highest BCUT2D eigenvalue weighted by Gasteiger charge is 2.14. The summed E-state index contributed by atoms with van der Waals surface area (Å²) in [6.07, 6.45) is 1.02. The number of pyridine rings is 1. The first kappa shape index (κ1) is 11.4. The van der Waals surface area contributed by atoms with E-state index in [1.807, 2.05) is 6.07 Å². The van der Waals surface area contributed by atoms with Gasteiger partial charge >= 0.3 is 0 Å². The molecule has 1 aromatic heterocycles. The van der Waals surface area contributed by atoms with Crippen molar-refractivity contribution < 1.29 is 9.64 Å². The molecule has 4 heteroatoms. The van der Waals surface area contributed by atoms with Gasteiger partial charge in [-0.2, -0.15) is 7.05 Å². The van der Waals surface area contributed by atoms with Crippen LogP contribution in [0.1, 0.15) is 11.3 Å². The molecule has 4 nitrogen and oxygen atoms in total. The van der Waals surface area contributed by atoms with E-state index >= 15 is 0 Å². The molecule has 0 bridgehead atoms. The van der Waals surface area contributed by atoms with Crippen molar-refractivity contribution in [2.45, 2.75) is 13.0 Å². The quantitative estimate of drug-likeness (QED) is 0.549. The number of hydrogen-bond donors (Lipinski definition) is 2. The van der Waals surface area contributed by atoms with Crippen molar-refractivity contribution in [1.29, 1.82) is 0 Å². The van der Waals surface area contributed by atoms with Crippen molar-refractivity contribution in [2.24, 2.45) is 0 Å². The summed E-state index contributed by atoms with van der Waals surface area (Å²) in [6, 6.07) is 4.19. The smallest absolute Gasteiger partial charge is 0.126 e. The molecule has 0 spiro atoms. The summed E-state index contributed by atoms with van der Waals surface area (Å²) in [5.41, 5.74) is 2.54. The van der Waals surface area contributed by atoms with Crippen LogP contribution in [0.4, 0.5) is 5.82 Å². The highest BCUT2D eigenvalue weighted by molar-refractivity contribution is 5.39. The van der Waals surface area contributed by atoms with Crippen LogP contribution < -0.4 is 10.2 Å². The average Bonchev–Trinajstić information content (AvgIpc) is 2.29. The van der Waals surface area contributed by atoms with Crippen LogP contribution in [0.2, 0.25) is 0 Å². The van der Waals surface area contributed by atoms with Crippen LogP contribution in [0.5, 0.6) is 0 Å². The van der Waals surface area contributed by atoms with Crippen LogP contribution in [-0.2, 0) is 17.7 Å². The van der Waals surface area contributed by atoms with Gasteiger partial charge < -0.3 is 15.0 Å². The number of quaternary nitrogens is 1. The van der Waals surface area contributed by atoms with Crippen LogP contribution in [-0.4, -0.2) is 31.8 Å². The lowest BCUT2D eigenvalue weighted by molar-refractivity contribution is -0.870. The molecular weight excluding hydrogens is 202 g/mol. The molecular formula is C12H19N3O. The molecule has 16 heavy (non-hydrogen) atoms. The summed E-state index contributed by atoms with van der Waals surface area (Å²) in [5, 5.41) is 3.25. The number of hydrogen-bond acceptors (Lipinski definition) is 3. The Kier molecular flexibility index (Phi) is 3.74. The molecule has 0 radical (unpaired) electrons. The third-order valence-electron chi connectivity index (χ3n) is 2.84. The number of aromatic nitrogens is 1. The molecule has 1 unspecified atom stereocenters. The first-order valence-corrected chi connectivity index (χ1v) is 5.68. The second kappa shape index (κ2) is 5.27. The van der Waals surface area contributed by atoms with Gasteiger partial charge in [-0.1, -0.05) is 0 Å². The van der Waals surface area contributed by atoms with Gasteiger partial charge in [-0.25, -0.2) is 4.98 Å². The summed E-state index contributed by atoms with van der Waals surface area (Å²) in [7, 11) is 5.74. The lowest BCUT2D eigenvalue weighted by Crippen LogP contribution is -3.06. The standard InChI is InChI=1S/C12H19N3O/c1-15-7-5-11-10(9-15)3-4-12(14-11)13-6-8-16-2/h3-4,15H,1,5-9H2,2H3,(H,13,14). The van der Waals surface area contributed by atoms with Crippen LogP contribution >= 0.6 is 0 Å². The van der Waals surface area contributed by atoms with Crippen molar-refractivity contribution >= 4 is 5.82 Å². The average molecular weight is 221 g/mol. The Balaban J connectivity index is 2.02. The number of anilines is 1. The van der Waals surface area contributed by atoms with Crippen LogP contribution in [0, 0.1) is 7.05 Å². The van der Waals surface area contributed by atoms with Crippen molar-refractivity contribution in [3.05, 3.63) is 30.4 Å². The Morgan fingerprint density at radius 3 is 3.25 bits per heavy atom. The maximum atomic E-state index is 4.99. The highest BCUT2D eigenvalue weighted by atomic mass is 16.5. The lowest BCUT2D eigenvalue weighted by atomic mass is 10.1. The first-order valence-electron chi connectivity index (χ1n) is 5.68. The third-order valence-corrected chi connectivity index (χ3v) is 2.84. The van der Waals surface area contributed by atoms with E-state index in [1.165, 1.54) is 16.2 Å². The SMILES string of the molecule is [CH2-][NH+]1CCc2nc(NCCOC)ccc2C1. The molecule has 1 aliphatic heterocycles. The Morgan fingerprint density at radius 2 is 2.44 bits per heavy atom. The van der Waals surface area contributed by atoms with Gasteiger partial charge in [0.2, 0.25) is 0 Å². The second-order valence-electron chi connectivity index (χ2n) is 4.15. The van der Waals surface area contributed by atoms with Gasteiger partial charge in [0.05, 0.1) is 25.4 Å². The van der Waals surface area contributed by atoms with E-state index in [0.717, 1.165) is 31.9 Å². The van der Waals surface area contributed by atoms with Crippen molar-refractivity contribution in [3.63, 3.8) is 0 Å². The number of nitrogens with zero attached hydrogens (tertiary/aromatic N) is 1. The number of methoxy groups -OCH3 is 1. The normalized spacial score (nSPS) is 19.2. The van der Waals surface area contributed by atoms with Gasteiger partial charge in [-0.15, -0.1) is 0 Å². The Labute approximate surface area is 96.6 Å². The number of rotatable bonds is 4. The minimum absolute atomic E-state index is 0.704. The van der Waals surface area contributed by atoms with Crippen LogP contribution in [0.3, 0.4) is 0 Å². The zero-order valence-corrected chi connectivity index (χ0v) is 9.75. The van der Waals surface area contributed by atoms with Gasteiger partial charge in [0, 0.05) is 25.6 Å². The van der Waals surface area contributed by atoms with Crippen molar-refractivity contribution in [1.82, 2.24) is 4.98 Å². The minimum atomic E-state index is 0.704. The van der Waals surface area contributed by atoms with Gasteiger partial charge in [-0.3, -0.25) is 0 Å². The van der Waals surface area contributed by atoms with Gasteiger partial charge in [0.25, 0.3) is 0 Å². The molecule has 2 rings (SSSR count). The number of ether oxygens (including phenoxy) is 1. The molecule has 0 aromatic carbocycles. The summed E-state index contributed by atoms with van der Waals surface area (Å²) in [4.78, 5) is 5.93. The molecule has 2 heterocycles. The second-order valence-corrected chi connectivity index (χ2v) is 4.15. The molecule has 88 valence electrons. The maximum absolute atomic E-state index is 4.99. The maximum Gasteiger partial charge on any atom is 0.126 e. The predicted molar refractivity (Wildman–Crippen MR) is 63.2 cm³/mol. The molecule has 0 amide bonds. The van der Waals surface area contributed by atoms with E-state index in [4.69, 9.17) is 4.74 Å². The first-order chi connectivity index (χ1) is 7.79. The zero-order valence-electron chi connectivity index (χ0n) is 9.75. The topological polar surface area (TPSA) is 38.6 Å². The van der Waals surface area contributed by atoms with E-state index in [2.05, 4.69) is 23.4 Å². The van der Waals surface area contributed by atoms with E-state index in [1.54, 1.807) is 7.11 Å². The van der Waals surface area contributed by atoms with Gasteiger partial charge in [0.15, 0.2) is 0 Å². The molecule has 2 N–H and O–H groups in total. The summed E-state index contributed by atoms with van der Waals surface area (Å²) >= 11 is 0. The van der Waals surface area contributed by atoms with E-state index in [-0.39, 0.29) is 0 Å². The van der Waals surface area contributed by atoms with Crippen LogP contribution in [0.15, 0.2) is 12.1 Å². The van der Waals surface area contributed by atoms with E-state index in [9.17, 15) is 0 Å². The Hall–Kier alpha value is -1.13. The molecule has 1 atom stereocenters. The molecule has 1 aliphatic rings. The monoisotopic (exact) mass is 221 g/mol. The fourth-order valence-electron chi connectivity index (χ4n) is 1.94. The van der Waals surface area contributed by atoms with Crippen LogP contribution in [0.25, 0.3) is 0 Å². The number of fused-ring (bicyclic) bond motifs is 1. The molecule has 0 aliphatic carbocycles. The van der Waals surface area contributed by atoms with Crippen molar-refractivity contribution in [2.75, 3.05) is 32.1 Å². The molecule has 0 fully saturated rings. The molecule has 1 aromatic rings. The molecule has 0 saturated heterocycles. The summed E-state index contributed by atoms with van der Waals surface area (Å²) in [6.45, 7) is 3.56. The van der Waals surface area contributed by atoms with Crippen molar-refractivity contribution in [3.8, 4) is 0 Å². The minimum Gasteiger partial charge on any atom is -0.464 e. The summed E-state index contributed by atoms with van der Waals surface area (Å²) in [5.74, 6) is 0.948. The van der Waals surface area contributed by atoms with E-state index < -0.39 is 0 Å². The largest absolute Gasteiger partial charge is 0.464 e. The Morgan fingerprint density at radius 1 is 1.56 bits per heavy atom. The zero-order chi connectivity index (χ0) is 11.4. The molecule has 0 saturated carbocycles. The number of nitrogens with one attached hydrogen (secondary N) is 2. The highest BCUT2D eigenvalue weighted by Crippen LogP contribution is 2.12. The summed E-state index contributed by atoms with van der Waals surface area (Å²) < 4.78 is 4.99. The van der Waals surface area contributed by atoms with E-state index in [0.29, 0.717) is 6.61 Å². The van der Waals surface area contributed by atoms with Gasteiger partial charge in [0.1, 0.15) is 5.82 Å². The predicted octanol–water partition coefficient (Wildman–Crippen LogP) is -0.128. The fourth-order valence-corrected chi connectivity index (χ4v) is 1.94. The third kappa shape index (κ3) is 2.71. The Bertz CT molecular complexity index is 354. The van der Waals surface area contributed by atoms with Gasteiger partial charge in [-0.05, 0) is 12.1 Å².